The van der Waals surface area contributed by atoms with Gasteiger partial charge in [0.15, 0.2) is 0 Å². The molecule has 5 nitrogen and oxygen atoms in total. The van der Waals surface area contributed by atoms with Gasteiger partial charge in [-0.2, -0.15) is 13.2 Å². The summed E-state index contributed by atoms with van der Waals surface area (Å²) in [5.74, 6) is -0.0363. The van der Waals surface area contributed by atoms with Gasteiger partial charge < -0.3 is 9.80 Å². The largest absolute Gasteiger partial charge is 0.417 e. The minimum Gasteiger partial charge on any atom is -0.337 e. The number of carbonyl (C=O) groups excluding carboxylic acids is 1. The molecule has 27 heavy (non-hydrogen) atoms. The fourth-order valence-electron chi connectivity index (χ4n) is 2.75. The van der Waals surface area contributed by atoms with E-state index in [1.807, 2.05) is 25.7 Å². The van der Waals surface area contributed by atoms with E-state index in [-0.39, 0.29) is 5.56 Å². The third-order valence-electron chi connectivity index (χ3n) is 4.08. The molecule has 0 bridgehead atoms. The van der Waals surface area contributed by atoms with Gasteiger partial charge in [0.2, 0.25) is 5.95 Å². The minimum atomic E-state index is -4.55. The van der Waals surface area contributed by atoms with Crippen LogP contribution in [0, 0.1) is 6.92 Å². The van der Waals surface area contributed by atoms with Crippen LogP contribution in [0.3, 0.4) is 0 Å². The van der Waals surface area contributed by atoms with E-state index in [1.165, 1.54) is 23.1 Å². The fourth-order valence-corrected chi connectivity index (χ4v) is 2.75. The summed E-state index contributed by atoms with van der Waals surface area (Å²) in [6, 6.07) is 4.88. The summed E-state index contributed by atoms with van der Waals surface area (Å²) in [5, 5.41) is 0. The van der Waals surface area contributed by atoms with Crippen molar-refractivity contribution in [1.82, 2.24) is 14.9 Å². The summed E-state index contributed by atoms with van der Waals surface area (Å²) in [7, 11) is 0. The van der Waals surface area contributed by atoms with Gasteiger partial charge in [0.05, 0.1) is 11.1 Å². The number of halogens is 3. The number of carbonyl (C=O) groups is 1. The van der Waals surface area contributed by atoms with Gasteiger partial charge in [-0.25, -0.2) is 9.97 Å². The van der Waals surface area contributed by atoms with Crippen LogP contribution in [-0.2, 0) is 6.18 Å². The highest BCUT2D eigenvalue weighted by atomic mass is 19.4. The number of alkyl halides is 3. The highest BCUT2D eigenvalue weighted by Gasteiger charge is 2.36. The van der Waals surface area contributed by atoms with Gasteiger partial charge in [-0.1, -0.05) is 26.0 Å². The van der Waals surface area contributed by atoms with Gasteiger partial charge in [-0.05, 0) is 24.6 Å². The molecule has 146 valence electrons. The number of anilines is 1. The van der Waals surface area contributed by atoms with Crippen molar-refractivity contribution in [2.45, 2.75) is 26.9 Å². The lowest BCUT2D eigenvalue weighted by atomic mass is 10.1. The highest BCUT2D eigenvalue weighted by Crippen LogP contribution is 2.32. The van der Waals surface area contributed by atoms with Crippen LogP contribution in [0.1, 0.15) is 35.3 Å². The van der Waals surface area contributed by atoms with E-state index in [1.54, 1.807) is 12.4 Å². The lowest BCUT2D eigenvalue weighted by Crippen LogP contribution is -2.49. The van der Waals surface area contributed by atoms with Gasteiger partial charge in [0, 0.05) is 38.6 Å². The minimum absolute atomic E-state index is 0.310. The Kier molecular flexibility index (Phi) is 6.76. The van der Waals surface area contributed by atoms with Crippen molar-refractivity contribution in [2.75, 3.05) is 31.1 Å². The summed E-state index contributed by atoms with van der Waals surface area (Å²) in [4.78, 5) is 24.4. The first-order valence-corrected chi connectivity index (χ1v) is 8.85. The number of aromatic nitrogens is 2. The molecule has 1 aliphatic rings. The average molecular weight is 380 g/mol. The Labute approximate surface area is 156 Å². The normalized spacial score (nSPS) is 14.4. The molecular weight excluding hydrogens is 357 g/mol. The molecule has 0 aliphatic carbocycles. The Bertz CT molecular complexity index is 754. The van der Waals surface area contributed by atoms with E-state index < -0.39 is 17.6 Å². The predicted molar refractivity (Wildman–Crippen MR) is 97.7 cm³/mol. The molecule has 2 heterocycles. The monoisotopic (exact) mass is 380 g/mol. The van der Waals surface area contributed by atoms with Gasteiger partial charge in [0.25, 0.3) is 5.91 Å². The number of rotatable bonds is 2. The van der Waals surface area contributed by atoms with Crippen molar-refractivity contribution >= 4 is 11.9 Å². The topological polar surface area (TPSA) is 49.3 Å². The Hall–Kier alpha value is -2.64. The molecule has 0 saturated carbocycles. The molecule has 0 spiro atoms. The zero-order valence-electron chi connectivity index (χ0n) is 15.6. The fraction of sp³-hybridized carbons (Fsp3) is 0.421. The lowest BCUT2D eigenvalue weighted by molar-refractivity contribution is -0.138. The maximum Gasteiger partial charge on any atom is 0.417 e. The van der Waals surface area contributed by atoms with Gasteiger partial charge >= 0.3 is 6.18 Å². The molecule has 1 fully saturated rings. The van der Waals surface area contributed by atoms with Crippen LogP contribution in [-0.4, -0.2) is 47.0 Å². The number of hydrogen-bond acceptors (Lipinski definition) is 4. The number of hydrogen-bond donors (Lipinski definition) is 0. The molecule has 0 unspecified atom stereocenters. The third-order valence-corrected chi connectivity index (χ3v) is 4.08. The van der Waals surface area contributed by atoms with Crippen molar-refractivity contribution in [3.63, 3.8) is 0 Å². The van der Waals surface area contributed by atoms with E-state index in [4.69, 9.17) is 0 Å². The standard InChI is InChI=1S/C17H17F3N4O.C2H6/c1-12-10-21-16(22-11-12)24-8-6-23(7-9-24)15(25)13-4-2-3-5-14(13)17(18,19)20;1-2/h2-5,10-11H,6-9H2,1H3;1-2H3. The van der Waals surface area contributed by atoms with Crippen LogP contribution in [0.15, 0.2) is 36.7 Å². The maximum absolute atomic E-state index is 13.1. The van der Waals surface area contributed by atoms with Crippen molar-refractivity contribution in [3.8, 4) is 0 Å². The van der Waals surface area contributed by atoms with E-state index in [2.05, 4.69) is 9.97 Å². The molecule has 1 saturated heterocycles. The first kappa shape index (κ1) is 20.7. The number of nitrogens with zero attached hydrogens (tertiary/aromatic N) is 4. The summed E-state index contributed by atoms with van der Waals surface area (Å²) >= 11 is 0. The molecular formula is C19H23F3N4O. The van der Waals surface area contributed by atoms with Crippen LogP contribution in [0.5, 0.6) is 0 Å². The molecule has 3 rings (SSSR count). The van der Waals surface area contributed by atoms with Crippen molar-refractivity contribution in [2.24, 2.45) is 0 Å². The molecule has 0 N–H and O–H groups in total. The molecule has 1 amide bonds. The first-order valence-electron chi connectivity index (χ1n) is 8.85. The summed E-state index contributed by atoms with van der Waals surface area (Å²) < 4.78 is 39.3. The molecule has 0 atom stereocenters. The second kappa shape index (κ2) is 8.83. The Morgan fingerprint density at radius 2 is 1.56 bits per heavy atom. The Morgan fingerprint density at radius 3 is 2.11 bits per heavy atom. The van der Waals surface area contributed by atoms with E-state index in [9.17, 15) is 18.0 Å². The number of aryl methyl sites for hydroxylation is 1. The number of amides is 1. The predicted octanol–water partition coefficient (Wildman–Crippen LogP) is 3.79. The van der Waals surface area contributed by atoms with Crippen LogP contribution in [0.25, 0.3) is 0 Å². The summed E-state index contributed by atoms with van der Waals surface area (Å²) in [6.07, 6.45) is -1.14. The number of piperazine rings is 1. The van der Waals surface area contributed by atoms with E-state index in [0.717, 1.165) is 11.6 Å². The van der Waals surface area contributed by atoms with Crippen molar-refractivity contribution in [3.05, 3.63) is 53.3 Å². The van der Waals surface area contributed by atoms with Crippen LogP contribution < -0.4 is 4.90 Å². The zero-order chi connectivity index (χ0) is 20.0. The van der Waals surface area contributed by atoms with Crippen molar-refractivity contribution < 1.29 is 18.0 Å². The second-order valence-corrected chi connectivity index (χ2v) is 5.88. The van der Waals surface area contributed by atoms with Gasteiger partial charge in [0.1, 0.15) is 0 Å². The smallest absolute Gasteiger partial charge is 0.337 e. The lowest BCUT2D eigenvalue weighted by Gasteiger charge is -2.35. The molecule has 2 aromatic rings. The average Bonchev–Trinajstić information content (AvgIpc) is 2.69. The molecule has 1 aromatic heterocycles. The van der Waals surface area contributed by atoms with Gasteiger partial charge in [-0.15, -0.1) is 0 Å². The number of benzene rings is 1. The molecule has 8 heteroatoms. The quantitative estimate of drug-likeness (QED) is 0.795. The molecule has 1 aromatic carbocycles. The maximum atomic E-state index is 13.1. The summed E-state index contributed by atoms with van der Waals surface area (Å²) in [6.45, 7) is 7.48. The molecule has 1 aliphatic heterocycles. The van der Waals surface area contributed by atoms with Gasteiger partial charge in [-0.3, -0.25) is 4.79 Å². The highest BCUT2D eigenvalue weighted by molar-refractivity contribution is 5.96. The Morgan fingerprint density at radius 1 is 1.00 bits per heavy atom. The second-order valence-electron chi connectivity index (χ2n) is 5.88. The third kappa shape index (κ3) is 4.96. The van der Waals surface area contributed by atoms with Crippen LogP contribution in [0.4, 0.5) is 19.1 Å². The SMILES string of the molecule is CC.Cc1cnc(N2CCN(C(=O)c3ccccc3C(F)(F)F)CC2)nc1. The first-order chi connectivity index (χ1) is 12.9. The zero-order valence-corrected chi connectivity index (χ0v) is 15.6. The van der Waals surface area contributed by atoms with E-state index in [0.29, 0.717) is 32.1 Å². The Balaban J connectivity index is 0.00000126. The van der Waals surface area contributed by atoms with Crippen LogP contribution >= 0.6 is 0 Å². The van der Waals surface area contributed by atoms with Crippen LogP contribution in [0.2, 0.25) is 0 Å². The van der Waals surface area contributed by atoms with Crippen molar-refractivity contribution in [1.29, 1.82) is 0 Å². The molecule has 0 radical (unpaired) electrons. The summed E-state index contributed by atoms with van der Waals surface area (Å²) in [5.41, 5.74) is -0.263. The van der Waals surface area contributed by atoms with E-state index >= 15 is 0 Å².